The molecule has 0 bridgehead atoms. The number of nitro benzene ring substituents is 1. The minimum atomic E-state index is -0.516. The van der Waals surface area contributed by atoms with Crippen LogP contribution < -0.4 is 5.32 Å². The highest BCUT2D eigenvalue weighted by atomic mass is 16.6. The molecule has 0 saturated heterocycles. The van der Waals surface area contributed by atoms with Crippen LogP contribution in [0.4, 0.5) is 5.69 Å². The number of ketones is 1. The molecule has 0 unspecified atom stereocenters. The van der Waals surface area contributed by atoms with Crippen molar-refractivity contribution < 1.29 is 14.5 Å². The van der Waals surface area contributed by atoms with Gasteiger partial charge in [0.05, 0.1) is 10.5 Å². The fraction of sp³-hybridized carbons (Fsp3) is 0.167. The second-order valence-corrected chi connectivity index (χ2v) is 3.54. The van der Waals surface area contributed by atoms with Gasteiger partial charge in [0, 0.05) is 19.2 Å². The molecule has 0 atom stereocenters. The molecule has 1 aromatic carbocycles. The van der Waals surface area contributed by atoms with Gasteiger partial charge in [0.2, 0.25) is 0 Å². The lowest BCUT2D eigenvalue weighted by Gasteiger charge is -2.02. The molecule has 0 aliphatic carbocycles. The summed E-state index contributed by atoms with van der Waals surface area (Å²) in [4.78, 5) is 32.7. The Bertz CT molecular complexity index is 517. The highest BCUT2D eigenvalue weighted by Gasteiger charge is 2.12. The maximum atomic E-state index is 11.4. The number of Topliss-reactive ketones (excluding diaryl/α,β-unsaturated/α-hetero) is 1. The third-order valence-corrected chi connectivity index (χ3v) is 2.27. The van der Waals surface area contributed by atoms with Crippen LogP contribution in [0.1, 0.15) is 12.5 Å². The zero-order valence-corrected chi connectivity index (χ0v) is 9.97. The third kappa shape index (κ3) is 3.24. The molecule has 1 rings (SSSR count). The van der Waals surface area contributed by atoms with Gasteiger partial charge < -0.3 is 5.32 Å². The van der Waals surface area contributed by atoms with Crippen molar-refractivity contribution in [1.29, 1.82) is 0 Å². The van der Waals surface area contributed by atoms with Gasteiger partial charge in [-0.1, -0.05) is 0 Å². The molecule has 0 spiro atoms. The zero-order valence-electron chi connectivity index (χ0n) is 9.97. The van der Waals surface area contributed by atoms with E-state index < -0.39 is 10.8 Å². The van der Waals surface area contributed by atoms with Gasteiger partial charge in [0.15, 0.2) is 5.78 Å². The summed E-state index contributed by atoms with van der Waals surface area (Å²) in [5.74, 6) is -0.853. The topological polar surface area (TPSA) is 89.3 Å². The summed E-state index contributed by atoms with van der Waals surface area (Å²) in [6.45, 7) is 1.28. The fourth-order valence-corrected chi connectivity index (χ4v) is 1.32. The van der Waals surface area contributed by atoms with Crippen molar-refractivity contribution in [2.75, 3.05) is 7.05 Å². The van der Waals surface area contributed by atoms with Crippen molar-refractivity contribution in [1.82, 2.24) is 5.32 Å². The molecule has 6 heteroatoms. The highest BCUT2D eigenvalue weighted by molar-refractivity contribution is 6.21. The molecule has 1 aromatic rings. The number of non-ortho nitro benzene ring substituents is 1. The number of hydrogen-bond acceptors (Lipinski definition) is 4. The van der Waals surface area contributed by atoms with Crippen LogP contribution in [-0.2, 0) is 9.59 Å². The van der Waals surface area contributed by atoms with E-state index in [1.165, 1.54) is 44.3 Å². The lowest BCUT2D eigenvalue weighted by molar-refractivity contribution is -0.384. The first-order valence-corrected chi connectivity index (χ1v) is 5.15. The van der Waals surface area contributed by atoms with Gasteiger partial charge in [-0.3, -0.25) is 19.7 Å². The largest absolute Gasteiger partial charge is 0.355 e. The summed E-state index contributed by atoms with van der Waals surface area (Å²) in [6, 6.07) is 5.58. The third-order valence-electron chi connectivity index (χ3n) is 2.27. The number of carbonyl (C=O) groups is 2. The van der Waals surface area contributed by atoms with E-state index in [0.717, 1.165) is 0 Å². The summed E-state index contributed by atoms with van der Waals surface area (Å²) >= 11 is 0. The number of amides is 1. The van der Waals surface area contributed by atoms with Crippen LogP contribution in [0.5, 0.6) is 0 Å². The van der Waals surface area contributed by atoms with Crippen LogP contribution in [0, 0.1) is 10.1 Å². The van der Waals surface area contributed by atoms with Gasteiger partial charge in [-0.05, 0) is 30.7 Å². The van der Waals surface area contributed by atoms with Gasteiger partial charge >= 0.3 is 0 Å². The molecule has 0 heterocycles. The van der Waals surface area contributed by atoms with Gasteiger partial charge in [0.25, 0.3) is 11.6 Å². The van der Waals surface area contributed by atoms with E-state index in [1.54, 1.807) is 0 Å². The Morgan fingerprint density at radius 1 is 1.28 bits per heavy atom. The Balaban J connectivity index is 3.09. The van der Waals surface area contributed by atoms with Crippen molar-refractivity contribution >= 4 is 23.5 Å². The number of nitro groups is 1. The van der Waals surface area contributed by atoms with E-state index in [2.05, 4.69) is 5.32 Å². The first kappa shape index (κ1) is 13.6. The number of hydrogen-bond donors (Lipinski definition) is 1. The van der Waals surface area contributed by atoms with Crippen molar-refractivity contribution in [2.45, 2.75) is 6.92 Å². The van der Waals surface area contributed by atoms with E-state index in [-0.39, 0.29) is 17.0 Å². The van der Waals surface area contributed by atoms with E-state index >= 15 is 0 Å². The second kappa shape index (κ2) is 5.72. The molecule has 0 saturated carbocycles. The lowest BCUT2D eigenvalue weighted by atomic mass is 10.1. The lowest BCUT2D eigenvalue weighted by Crippen LogP contribution is -2.23. The van der Waals surface area contributed by atoms with E-state index in [4.69, 9.17) is 0 Å². The summed E-state index contributed by atoms with van der Waals surface area (Å²) < 4.78 is 0. The molecule has 94 valence electrons. The quantitative estimate of drug-likeness (QED) is 0.286. The molecular formula is C12H12N2O4. The zero-order chi connectivity index (χ0) is 13.7. The Kier molecular flexibility index (Phi) is 4.31. The van der Waals surface area contributed by atoms with Crippen molar-refractivity contribution in [3.63, 3.8) is 0 Å². The van der Waals surface area contributed by atoms with Crippen LogP contribution >= 0.6 is 0 Å². The Morgan fingerprint density at radius 2 is 1.83 bits per heavy atom. The summed E-state index contributed by atoms with van der Waals surface area (Å²) in [5.41, 5.74) is 0.511. The van der Waals surface area contributed by atoms with Crippen molar-refractivity contribution in [3.05, 3.63) is 45.5 Å². The monoisotopic (exact) mass is 248 g/mol. The molecule has 18 heavy (non-hydrogen) atoms. The van der Waals surface area contributed by atoms with E-state index in [9.17, 15) is 19.7 Å². The fourth-order valence-electron chi connectivity index (χ4n) is 1.32. The normalized spacial score (nSPS) is 10.9. The SMILES string of the molecule is CNC(=O)/C(=C\c1ccc([N+](=O)[O-])cc1)C(C)=O. The maximum absolute atomic E-state index is 11.4. The molecule has 0 aromatic heterocycles. The Morgan fingerprint density at radius 3 is 2.22 bits per heavy atom. The number of nitrogens with zero attached hydrogens (tertiary/aromatic N) is 1. The number of likely N-dealkylation sites (N-methyl/N-ethyl adjacent to an activating group) is 1. The van der Waals surface area contributed by atoms with Crippen LogP contribution in [0.15, 0.2) is 29.8 Å². The summed E-state index contributed by atoms with van der Waals surface area (Å²) in [6.07, 6.45) is 1.39. The van der Waals surface area contributed by atoms with Gasteiger partial charge in [0.1, 0.15) is 0 Å². The maximum Gasteiger partial charge on any atom is 0.269 e. The first-order valence-electron chi connectivity index (χ1n) is 5.15. The van der Waals surface area contributed by atoms with Crippen LogP contribution in [0.2, 0.25) is 0 Å². The molecular weight excluding hydrogens is 236 g/mol. The molecule has 1 amide bonds. The summed E-state index contributed by atoms with van der Waals surface area (Å²) in [5, 5.41) is 12.8. The smallest absolute Gasteiger partial charge is 0.269 e. The standard InChI is InChI=1S/C12H12N2O4/c1-8(15)11(12(16)13-2)7-9-3-5-10(6-4-9)14(17)18/h3-7H,1-2H3,(H,13,16)/b11-7-. The molecule has 0 fully saturated rings. The predicted octanol–water partition coefficient (Wildman–Crippen LogP) is 1.31. The number of carbonyl (C=O) groups excluding carboxylic acids is 2. The van der Waals surface area contributed by atoms with E-state index in [1.807, 2.05) is 0 Å². The van der Waals surface area contributed by atoms with Crippen molar-refractivity contribution in [2.24, 2.45) is 0 Å². The Hall–Kier alpha value is -2.50. The molecule has 6 nitrogen and oxygen atoms in total. The average Bonchev–Trinajstić information content (AvgIpc) is 2.35. The van der Waals surface area contributed by atoms with E-state index in [0.29, 0.717) is 5.56 Å². The molecule has 0 aliphatic heterocycles. The van der Waals surface area contributed by atoms with Gasteiger partial charge in [-0.15, -0.1) is 0 Å². The van der Waals surface area contributed by atoms with Gasteiger partial charge in [-0.25, -0.2) is 0 Å². The molecule has 1 N–H and O–H groups in total. The summed E-state index contributed by atoms with van der Waals surface area (Å²) in [7, 11) is 1.43. The first-order chi connectivity index (χ1) is 8.45. The Labute approximate surface area is 103 Å². The predicted molar refractivity (Wildman–Crippen MR) is 65.8 cm³/mol. The number of rotatable bonds is 4. The van der Waals surface area contributed by atoms with Crippen LogP contribution in [0.25, 0.3) is 6.08 Å². The number of benzene rings is 1. The van der Waals surface area contributed by atoms with Crippen molar-refractivity contribution in [3.8, 4) is 0 Å². The minimum Gasteiger partial charge on any atom is -0.355 e. The number of nitrogens with one attached hydrogen (secondary N) is 1. The van der Waals surface area contributed by atoms with Crippen LogP contribution in [0.3, 0.4) is 0 Å². The minimum absolute atomic E-state index is 0.00588. The average molecular weight is 248 g/mol. The van der Waals surface area contributed by atoms with Crippen LogP contribution in [-0.4, -0.2) is 23.7 Å². The van der Waals surface area contributed by atoms with Gasteiger partial charge in [-0.2, -0.15) is 0 Å². The second-order valence-electron chi connectivity index (χ2n) is 3.54. The molecule has 0 radical (unpaired) electrons. The molecule has 0 aliphatic rings. The highest BCUT2D eigenvalue weighted by Crippen LogP contribution is 2.14.